The van der Waals surface area contributed by atoms with Crippen LogP contribution in [0, 0.1) is 6.92 Å². The molecule has 37 heavy (non-hydrogen) atoms. The van der Waals surface area contributed by atoms with E-state index in [4.69, 9.17) is 9.97 Å². The molecule has 0 aliphatic carbocycles. The number of fused-ring (bicyclic) bond motifs is 2. The van der Waals surface area contributed by atoms with Crippen molar-refractivity contribution in [2.24, 2.45) is 7.05 Å². The number of nitrogens with zero attached hydrogens (tertiary/aromatic N) is 4. The summed E-state index contributed by atoms with van der Waals surface area (Å²) in [4.78, 5) is 21.8. The molecule has 0 bridgehead atoms. The van der Waals surface area contributed by atoms with Crippen LogP contribution in [-0.4, -0.2) is 30.2 Å². The predicted molar refractivity (Wildman–Crippen MR) is 147 cm³/mol. The highest BCUT2D eigenvalue weighted by atomic mass is 16.4. The second-order valence-corrected chi connectivity index (χ2v) is 9.20. The normalized spacial score (nSPS) is 11.4. The Morgan fingerprint density at radius 2 is 1.57 bits per heavy atom. The lowest BCUT2D eigenvalue weighted by atomic mass is 9.95. The first-order valence-electron chi connectivity index (χ1n) is 12.3. The molecule has 2 heterocycles. The number of imidazole rings is 2. The zero-order valence-electron chi connectivity index (χ0n) is 20.9. The number of hydrogen-bond donors (Lipinski definition) is 1. The van der Waals surface area contributed by atoms with E-state index in [9.17, 15) is 9.90 Å². The molecule has 1 N–H and O–H groups in total. The second-order valence-electron chi connectivity index (χ2n) is 9.20. The Morgan fingerprint density at radius 3 is 2.35 bits per heavy atom. The van der Waals surface area contributed by atoms with Crippen LogP contribution in [0.3, 0.4) is 0 Å². The van der Waals surface area contributed by atoms with Gasteiger partial charge in [0.15, 0.2) is 0 Å². The lowest BCUT2D eigenvalue weighted by Gasteiger charge is -2.16. The summed E-state index contributed by atoms with van der Waals surface area (Å²) in [5.41, 5.74) is 8.84. The maximum atomic E-state index is 11.9. The Kier molecular flexibility index (Phi) is 5.37. The molecular formula is C31H26N4O2. The summed E-state index contributed by atoms with van der Waals surface area (Å²) in [6.07, 6.45) is 0.756. The highest BCUT2D eigenvalue weighted by Crippen LogP contribution is 2.34. The summed E-state index contributed by atoms with van der Waals surface area (Å²) >= 11 is 0. The van der Waals surface area contributed by atoms with Crippen molar-refractivity contribution in [3.63, 3.8) is 0 Å². The van der Waals surface area contributed by atoms with Gasteiger partial charge in [-0.1, -0.05) is 49.4 Å². The van der Waals surface area contributed by atoms with Crippen molar-refractivity contribution in [3.8, 4) is 28.2 Å². The molecule has 0 spiro atoms. The minimum Gasteiger partial charge on any atom is -0.478 e. The summed E-state index contributed by atoms with van der Waals surface area (Å²) in [6.45, 7) is 4.15. The van der Waals surface area contributed by atoms with E-state index in [0.29, 0.717) is 5.56 Å². The molecule has 0 saturated heterocycles. The molecule has 0 aliphatic heterocycles. The van der Waals surface area contributed by atoms with E-state index < -0.39 is 5.97 Å². The molecular weight excluding hydrogens is 460 g/mol. The number of aryl methyl sites for hydroxylation is 2. The molecule has 0 amide bonds. The zero-order chi connectivity index (χ0) is 25.7. The summed E-state index contributed by atoms with van der Waals surface area (Å²) in [5, 5.41) is 9.79. The fourth-order valence-corrected chi connectivity index (χ4v) is 5.24. The van der Waals surface area contributed by atoms with Gasteiger partial charge in [-0.25, -0.2) is 14.8 Å². The average molecular weight is 487 g/mol. The van der Waals surface area contributed by atoms with Crippen molar-refractivity contribution in [1.29, 1.82) is 0 Å². The van der Waals surface area contributed by atoms with E-state index in [2.05, 4.69) is 46.4 Å². The minimum absolute atomic E-state index is 0.290. The first-order chi connectivity index (χ1) is 18.0. The van der Waals surface area contributed by atoms with Gasteiger partial charge in [0.05, 0.1) is 33.3 Å². The molecule has 0 atom stereocenters. The van der Waals surface area contributed by atoms with Crippen LogP contribution in [0.5, 0.6) is 0 Å². The van der Waals surface area contributed by atoms with Crippen molar-refractivity contribution >= 4 is 28.0 Å². The Balaban J connectivity index is 1.58. The van der Waals surface area contributed by atoms with Crippen molar-refractivity contribution in [1.82, 2.24) is 19.1 Å². The largest absolute Gasteiger partial charge is 0.478 e. The van der Waals surface area contributed by atoms with E-state index >= 15 is 0 Å². The first-order valence-corrected chi connectivity index (χ1v) is 12.3. The maximum absolute atomic E-state index is 11.9. The predicted octanol–water partition coefficient (Wildman–Crippen LogP) is 6.82. The van der Waals surface area contributed by atoms with E-state index in [0.717, 1.165) is 62.5 Å². The number of carboxylic acids is 1. The molecule has 0 saturated carbocycles. The third-order valence-corrected chi connectivity index (χ3v) is 7.08. The summed E-state index contributed by atoms with van der Waals surface area (Å²) in [7, 11) is 2.04. The van der Waals surface area contributed by atoms with Crippen molar-refractivity contribution in [3.05, 3.63) is 102 Å². The smallest absolute Gasteiger partial charge is 0.336 e. The zero-order valence-corrected chi connectivity index (χ0v) is 20.9. The van der Waals surface area contributed by atoms with Crippen LogP contribution in [0.2, 0.25) is 0 Å². The molecule has 2 aromatic heterocycles. The molecule has 0 unspecified atom stereocenters. The molecule has 0 radical (unpaired) electrons. The van der Waals surface area contributed by atoms with Crippen LogP contribution in [0.15, 0.2) is 84.9 Å². The van der Waals surface area contributed by atoms with Crippen molar-refractivity contribution in [2.75, 3.05) is 0 Å². The third-order valence-electron chi connectivity index (χ3n) is 7.08. The van der Waals surface area contributed by atoms with Gasteiger partial charge >= 0.3 is 5.97 Å². The van der Waals surface area contributed by atoms with Crippen molar-refractivity contribution in [2.45, 2.75) is 20.3 Å². The Morgan fingerprint density at radius 1 is 0.838 bits per heavy atom. The second kappa shape index (κ2) is 8.75. The number of hydrogen-bond acceptors (Lipinski definition) is 3. The Bertz CT molecular complexity index is 1830. The quantitative estimate of drug-likeness (QED) is 0.290. The Hall–Kier alpha value is -4.71. The number of carboxylic acid groups (broad SMARTS) is 1. The third kappa shape index (κ3) is 3.61. The van der Waals surface area contributed by atoms with Gasteiger partial charge in [-0.05, 0) is 66.1 Å². The van der Waals surface area contributed by atoms with Gasteiger partial charge in [0.2, 0.25) is 0 Å². The number of aromatic nitrogens is 4. The number of rotatable bonds is 5. The number of aromatic carboxylic acids is 1. The molecule has 182 valence electrons. The van der Waals surface area contributed by atoms with E-state index in [-0.39, 0.29) is 5.56 Å². The van der Waals surface area contributed by atoms with Crippen LogP contribution >= 0.6 is 0 Å². The van der Waals surface area contributed by atoms with Crippen LogP contribution in [0.1, 0.15) is 28.7 Å². The lowest BCUT2D eigenvalue weighted by Crippen LogP contribution is -2.05. The minimum atomic E-state index is -0.935. The summed E-state index contributed by atoms with van der Waals surface area (Å²) < 4.78 is 4.32. The van der Waals surface area contributed by atoms with Crippen LogP contribution in [-0.2, 0) is 13.5 Å². The van der Waals surface area contributed by atoms with Gasteiger partial charge in [-0.2, -0.15) is 0 Å². The topological polar surface area (TPSA) is 72.9 Å². The number of benzene rings is 4. The molecule has 0 aliphatic rings. The maximum Gasteiger partial charge on any atom is 0.336 e. The van der Waals surface area contributed by atoms with Gasteiger partial charge in [-0.3, -0.25) is 4.57 Å². The van der Waals surface area contributed by atoms with Gasteiger partial charge in [-0.15, -0.1) is 0 Å². The molecule has 6 aromatic rings. The van der Waals surface area contributed by atoms with Crippen LogP contribution in [0.25, 0.3) is 50.3 Å². The molecule has 4 aromatic carbocycles. The SMILES string of the molecule is CCc1nc2ccc(-c3nc4ccccc4n3C)cc2n1-c1cccc(-c2ccccc2C(=O)O)c1C. The van der Waals surface area contributed by atoms with Gasteiger partial charge in [0.25, 0.3) is 0 Å². The summed E-state index contributed by atoms with van der Waals surface area (Å²) in [6, 6.07) is 27.6. The van der Waals surface area contributed by atoms with Gasteiger partial charge < -0.3 is 9.67 Å². The first kappa shape index (κ1) is 22.7. The Labute approximate surface area is 214 Å². The lowest BCUT2D eigenvalue weighted by molar-refractivity contribution is 0.0697. The molecule has 0 fully saturated rings. The van der Waals surface area contributed by atoms with E-state index in [1.165, 1.54) is 0 Å². The van der Waals surface area contributed by atoms with Gasteiger partial charge in [0.1, 0.15) is 11.6 Å². The fraction of sp³-hybridized carbons (Fsp3) is 0.129. The molecule has 6 rings (SSSR count). The van der Waals surface area contributed by atoms with E-state index in [1.54, 1.807) is 12.1 Å². The van der Waals surface area contributed by atoms with Crippen LogP contribution < -0.4 is 0 Å². The fourth-order valence-electron chi connectivity index (χ4n) is 5.24. The molecule has 6 heteroatoms. The molecule has 6 nitrogen and oxygen atoms in total. The van der Waals surface area contributed by atoms with Crippen molar-refractivity contribution < 1.29 is 9.90 Å². The van der Waals surface area contributed by atoms with Crippen LogP contribution in [0.4, 0.5) is 0 Å². The number of carbonyl (C=O) groups is 1. The van der Waals surface area contributed by atoms with Gasteiger partial charge in [0, 0.05) is 19.0 Å². The average Bonchev–Trinajstić information content (AvgIpc) is 3.46. The highest BCUT2D eigenvalue weighted by Gasteiger charge is 2.19. The standard InChI is InChI=1S/C31H26N4O2/c1-4-29-32-25-17-16-20(30-33-24-13-7-8-14-27(24)34(30)3)18-28(25)35(29)26-15-9-12-21(19(26)2)22-10-5-6-11-23(22)31(36)37/h5-18H,4H2,1-3H3,(H,36,37). The monoisotopic (exact) mass is 486 g/mol. The number of para-hydroxylation sites is 2. The van der Waals surface area contributed by atoms with E-state index in [1.807, 2.05) is 56.4 Å². The summed E-state index contributed by atoms with van der Waals surface area (Å²) in [5.74, 6) is 0.911. The highest BCUT2D eigenvalue weighted by molar-refractivity contribution is 5.97.